The molecule has 0 saturated heterocycles. The average Bonchev–Trinajstić information content (AvgIpc) is 3.26. The van der Waals surface area contributed by atoms with Gasteiger partial charge in [-0.1, -0.05) is 18.2 Å². The third kappa shape index (κ3) is 8.91. The molecule has 35 heavy (non-hydrogen) atoms. The lowest BCUT2D eigenvalue weighted by molar-refractivity contribution is -0.0111. The van der Waals surface area contributed by atoms with Gasteiger partial charge in [-0.05, 0) is 59.7 Å². The van der Waals surface area contributed by atoms with Crippen molar-refractivity contribution in [3.05, 3.63) is 54.4 Å². The largest absolute Gasteiger partial charge is 0.443 e. The molecule has 12 heteroatoms. The number of rotatable bonds is 3. The first-order valence-electron chi connectivity index (χ1n) is 10.5. The second kappa shape index (κ2) is 11.3. The molecule has 0 aliphatic carbocycles. The minimum Gasteiger partial charge on any atom is -0.443 e. The quantitative estimate of drug-likeness (QED) is 0.204. The normalized spacial score (nSPS) is 11.9. The summed E-state index contributed by atoms with van der Waals surface area (Å²) in [5.74, 6) is -1.32. The Labute approximate surface area is 202 Å². The first-order valence-corrected chi connectivity index (χ1v) is 10.5. The van der Waals surface area contributed by atoms with E-state index in [0.29, 0.717) is 4.90 Å². The van der Waals surface area contributed by atoms with Gasteiger partial charge in [-0.3, -0.25) is 0 Å². The number of carbonyl (C=O) groups excluding carboxylic acids is 4. The predicted molar refractivity (Wildman–Crippen MR) is 123 cm³/mol. The van der Waals surface area contributed by atoms with Crippen molar-refractivity contribution in [3.8, 4) is 0 Å². The van der Waals surface area contributed by atoms with E-state index in [9.17, 15) is 19.2 Å². The van der Waals surface area contributed by atoms with Crippen molar-refractivity contribution in [2.45, 2.75) is 52.7 Å². The number of carbonyl (C=O) groups is 4. The van der Waals surface area contributed by atoms with Crippen molar-refractivity contribution in [2.75, 3.05) is 6.79 Å². The Morgan fingerprint density at radius 2 is 1.51 bits per heavy atom. The molecular weight excluding hydrogens is 460 g/mol. The summed E-state index contributed by atoms with van der Waals surface area (Å²) in [6, 6.07) is 9.49. The van der Waals surface area contributed by atoms with Gasteiger partial charge in [0, 0.05) is 12.4 Å². The van der Waals surface area contributed by atoms with E-state index in [0.717, 1.165) is 4.68 Å². The molecule has 0 saturated carbocycles. The lowest BCUT2D eigenvalue weighted by Crippen LogP contribution is -2.48. The highest BCUT2D eigenvalue weighted by molar-refractivity contribution is 6.10. The average molecular weight is 488 g/mol. The monoisotopic (exact) mass is 488 g/mol. The summed E-state index contributed by atoms with van der Waals surface area (Å²) < 4.78 is 21.3. The molecule has 0 aliphatic rings. The van der Waals surface area contributed by atoms with Gasteiger partial charge in [0.05, 0.1) is 5.56 Å². The summed E-state index contributed by atoms with van der Waals surface area (Å²) in [5.41, 5.74) is -1.69. The molecule has 1 aromatic carbocycles. The summed E-state index contributed by atoms with van der Waals surface area (Å²) in [6.07, 6.45) is -0.971. The van der Waals surface area contributed by atoms with Gasteiger partial charge in [-0.2, -0.15) is 5.10 Å². The van der Waals surface area contributed by atoms with Gasteiger partial charge in [-0.15, -0.1) is 9.89 Å². The lowest BCUT2D eigenvalue weighted by atomic mass is 10.2. The highest BCUT2D eigenvalue weighted by Crippen LogP contribution is 2.14. The summed E-state index contributed by atoms with van der Waals surface area (Å²) >= 11 is 0. The number of aromatic nitrogens is 2. The molecule has 12 nitrogen and oxygen atoms in total. The van der Waals surface area contributed by atoms with Crippen molar-refractivity contribution in [1.82, 2.24) is 14.7 Å². The van der Waals surface area contributed by atoms with Gasteiger partial charge in [0.2, 0.25) is 6.79 Å². The number of imide groups is 1. The Balaban J connectivity index is 2.32. The summed E-state index contributed by atoms with van der Waals surface area (Å²) in [6.45, 7) is 8.77. The molecule has 1 aromatic heterocycles. The Morgan fingerprint density at radius 3 is 2.06 bits per heavy atom. The maximum Gasteiger partial charge on any atom is 0.437 e. The molecule has 2 rings (SSSR count). The number of hydrogen-bond donors (Lipinski definition) is 0. The van der Waals surface area contributed by atoms with Crippen LogP contribution in [0.25, 0.3) is 0 Å². The van der Waals surface area contributed by atoms with Crippen molar-refractivity contribution >= 4 is 30.2 Å². The van der Waals surface area contributed by atoms with Gasteiger partial charge in [0.1, 0.15) is 11.2 Å². The molecule has 0 radical (unpaired) electrons. The second-order valence-electron chi connectivity index (χ2n) is 8.98. The van der Waals surface area contributed by atoms with Crippen LogP contribution in [-0.4, -0.2) is 62.9 Å². The maximum absolute atomic E-state index is 12.9. The molecule has 0 aliphatic heterocycles. The first-order chi connectivity index (χ1) is 16.3. The topological polar surface area (TPSA) is 139 Å². The lowest BCUT2D eigenvalue weighted by Gasteiger charge is -2.26. The minimum atomic E-state index is -1.34. The summed E-state index contributed by atoms with van der Waals surface area (Å²) in [5, 5.41) is 3.93. The van der Waals surface area contributed by atoms with Gasteiger partial charge in [0.15, 0.2) is 0 Å². The third-order valence-corrected chi connectivity index (χ3v) is 3.63. The molecule has 0 fully saturated rings. The molecule has 0 atom stereocenters. The molecule has 2 aromatic rings. The zero-order valence-corrected chi connectivity index (χ0v) is 20.4. The third-order valence-electron chi connectivity index (χ3n) is 3.63. The van der Waals surface area contributed by atoms with Gasteiger partial charge < -0.3 is 18.9 Å². The fourth-order valence-electron chi connectivity index (χ4n) is 2.36. The van der Waals surface area contributed by atoms with E-state index >= 15 is 0 Å². The van der Waals surface area contributed by atoms with Crippen LogP contribution in [0.15, 0.2) is 53.8 Å². The van der Waals surface area contributed by atoms with Gasteiger partial charge >= 0.3 is 24.2 Å². The van der Waals surface area contributed by atoms with Crippen LogP contribution in [-0.2, 0) is 18.9 Å². The van der Waals surface area contributed by atoms with Crippen LogP contribution < -0.4 is 0 Å². The molecule has 3 amide bonds. The second-order valence-corrected chi connectivity index (χ2v) is 8.98. The number of hydrogen-bond acceptors (Lipinski definition) is 9. The van der Waals surface area contributed by atoms with Crippen LogP contribution in [0.5, 0.6) is 0 Å². The fourth-order valence-corrected chi connectivity index (χ4v) is 2.36. The van der Waals surface area contributed by atoms with E-state index in [1.54, 1.807) is 59.7 Å². The number of benzene rings is 1. The Morgan fingerprint density at radius 1 is 0.886 bits per heavy atom. The molecule has 0 unspecified atom stereocenters. The maximum atomic E-state index is 12.9. The highest BCUT2D eigenvalue weighted by Gasteiger charge is 2.35. The van der Waals surface area contributed by atoms with Crippen molar-refractivity contribution in [1.29, 1.82) is 0 Å². The Hall–Kier alpha value is -4.22. The van der Waals surface area contributed by atoms with E-state index in [1.165, 1.54) is 30.6 Å². The van der Waals surface area contributed by atoms with Crippen molar-refractivity contribution in [2.24, 2.45) is 4.99 Å². The first kappa shape index (κ1) is 27.0. The number of ether oxygens (including phenoxy) is 4. The number of aliphatic imine (C=N–C) groups is 1. The van der Waals surface area contributed by atoms with E-state index in [-0.39, 0.29) is 5.56 Å². The Bertz CT molecular complexity index is 1070. The molecule has 0 bridgehead atoms. The van der Waals surface area contributed by atoms with Crippen LogP contribution in [0.2, 0.25) is 0 Å². The van der Waals surface area contributed by atoms with E-state index < -0.39 is 48.2 Å². The van der Waals surface area contributed by atoms with Crippen molar-refractivity contribution < 1.29 is 38.1 Å². The number of esters is 1. The van der Waals surface area contributed by atoms with Gasteiger partial charge in [0.25, 0.3) is 5.96 Å². The standard InChI is InChI=1S/C23H28N4O8/c1-22(2,3)34-19(29)25-18(26-14-10-13-24-26)27(21(31)35-23(4,5)6)20(30)33-15-32-17(28)16-11-8-7-9-12-16/h7-14H,15H2,1-6H3. The van der Waals surface area contributed by atoms with Crippen LogP contribution in [0.3, 0.4) is 0 Å². The SMILES string of the molecule is CC(C)(C)OC(=O)N=C(N(C(=O)OCOC(=O)c1ccccc1)C(=O)OC(C)(C)C)n1cccn1. The molecule has 0 N–H and O–H groups in total. The predicted octanol–water partition coefficient (Wildman–Crippen LogP) is 4.21. The van der Waals surface area contributed by atoms with Crippen LogP contribution in [0, 0.1) is 0 Å². The molecule has 1 heterocycles. The minimum absolute atomic E-state index is 0.233. The smallest absolute Gasteiger partial charge is 0.437 e. The fraction of sp³-hybridized carbons (Fsp3) is 0.391. The summed E-state index contributed by atoms with van der Waals surface area (Å²) in [7, 11) is 0. The zero-order valence-electron chi connectivity index (χ0n) is 20.4. The van der Waals surface area contributed by atoms with Crippen LogP contribution in [0.1, 0.15) is 51.9 Å². The molecular formula is C23H28N4O8. The van der Waals surface area contributed by atoms with E-state index in [4.69, 9.17) is 18.9 Å². The van der Waals surface area contributed by atoms with Crippen molar-refractivity contribution in [3.63, 3.8) is 0 Å². The molecule has 188 valence electrons. The number of amides is 3. The van der Waals surface area contributed by atoms with E-state index in [2.05, 4.69) is 10.1 Å². The van der Waals surface area contributed by atoms with Gasteiger partial charge in [-0.25, -0.2) is 23.9 Å². The van der Waals surface area contributed by atoms with Crippen LogP contribution in [0.4, 0.5) is 14.4 Å². The zero-order chi connectivity index (χ0) is 26.2. The number of nitrogens with zero attached hydrogens (tertiary/aromatic N) is 4. The summed E-state index contributed by atoms with van der Waals surface area (Å²) in [4.78, 5) is 54.5. The van der Waals surface area contributed by atoms with Crippen LogP contribution >= 0.6 is 0 Å². The highest BCUT2D eigenvalue weighted by atomic mass is 16.7. The molecule has 0 spiro atoms. The van der Waals surface area contributed by atoms with E-state index in [1.807, 2.05) is 0 Å². The Kier molecular flexibility index (Phi) is 8.70.